The SMILES string of the molecule is CN(C)C(=O)c1cc(NC(=O)CCOc2cccc(Cl)c2)ccc1Cl. The Morgan fingerprint density at radius 3 is 2.56 bits per heavy atom. The maximum atomic E-state index is 12.1. The zero-order valence-electron chi connectivity index (χ0n) is 13.9. The van der Waals surface area contributed by atoms with Gasteiger partial charge in [-0.1, -0.05) is 29.3 Å². The van der Waals surface area contributed by atoms with Crippen molar-refractivity contribution in [1.29, 1.82) is 0 Å². The number of hydrogen-bond donors (Lipinski definition) is 1. The summed E-state index contributed by atoms with van der Waals surface area (Å²) in [6.07, 6.45) is 0.159. The molecule has 0 heterocycles. The summed E-state index contributed by atoms with van der Waals surface area (Å²) in [5.74, 6) is 0.142. The summed E-state index contributed by atoms with van der Waals surface area (Å²) in [6.45, 7) is 0.212. The number of hydrogen-bond acceptors (Lipinski definition) is 3. The van der Waals surface area contributed by atoms with Crippen LogP contribution in [0.1, 0.15) is 16.8 Å². The molecule has 0 aliphatic heterocycles. The summed E-state index contributed by atoms with van der Waals surface area (Å²) in [6, 6.07) is 11.7. The average Bonchev–Trinajstić information content (AvgIpc) is 2.56. The summed E-state index contributed by atoms with van der Waals surface area (Å²) in [4.78, 5) is 25.5. The van der Waals surface area contributed by atoms with Gasteiger partial charge in [0.2, 0.25) is 5.91 Å². The van der Waals surface area contributed by atoms with Crippen LogP contribution in [0, 0.1) is 0 Å². The Morgan fingerprint density at radius 2 is 1.88 bits per heavy atom. The fraction of sp³-hybridized carbons (Fsp3) is 0.222. The fourth-order valence-corrected chi connectivity index (χ4v) is 2.43. The molecular weight excluding hydrogens is 363 g/mol. The maximum absolute atomic E-state index is 12.1. The highest BCUT2D eigenvalue weighted by molar-refractivity contribution is 6.34. The second-order valence-corrected chi connectivity index (χ2v) is 6.34. The van der Waals surface area contributed by atoms with Crippen LogP contribution in [0.15, 0.2) is 42.5 Å². The van der Waals surface area contributed by atoms with Gasteiger partial charge < -0.3 is 15.0 Å². The van der Waals surface area contributed by atoms with Gasteiger partial charge in [-0.3, -0.25) is 9.59 Å². The molecule has 0 spiro atoms. The van der Waals surface area contributed by atoms with Crippen molar-refractivity contribution in [2.45, 2.75) is 6.42 Å². The van der Waals surface area contributed by atoms with E-state index in [4.69, 9.17) is 27.9 Å². The van der Waals surface area contributed by atoms with E-state index < -0.39 is 0 Å². The number of amides is 2. The Balaban J connectivity index is 1.92. The topological polar surface area (TPSA) is 58.6 Å². The van der Waals surface area contributed by atoms with Crippen LogP contribution in [0.5, 0.6) is 5.75 Å². The van der Waals surface area contributed by atoms with Crippen molar-refractivity contribution in [1.82, 2.24) is 4.90 Å². The number of halogens is 2. The Labute approximate surface area is 156 Å². The highest BCUT2D eigenvalue weighted by atomic mass is 35.5. The minimum Gasteiger partial charge on any atom is -0.493 e. The van der Waals surface area contributed by atoms with Crippen LogP contribution < -0.4 is 10.1 Å². The largest absolute Gasteiger partial charge is 0.493 e. The van der Waals surface area contributed by atoms with Crippen LogP contribution >= 0.6 is 23.2 Å². The summed E-state index contributed by atoms with van der Waals surface area (Å²) in [5.41, 5.74) is 0.835. The second kappa shape index (κ2) is 8.74. The molecule has 0 unspecified atom stereocenters. The molecule has 2 aromatic carbocycles. The van der Waals surface area contributed by atoms with Gasteiger partial charge in [-0.2, -0.15) is 0 Å². The van der Waals surface area contributed by atoms with Crippen molar-refractivity contribution in [3.63, 3.8) is 0 Å². The summed E-state index contributed by atoms with van der Waals surface area (Å²) < 4.78 is 5.48. The third-order valence-corrected chi connectivity index (χ3v) is 3.85. The smallest absolute Gasteiger partial charge is 0.254 e. The molecule has 25 heavy (non-hydrogen) atoms. The first-order valence-corrected chi connectivity index (χ1v) is 8.32. The van der Waals surface area contributed by atoms with Crippen LogP contribution in [-0.2, 0) is 4.79 Å². The zero-order chi connectivity index (χ0) is 18.4. The number of nitrogens with zero attached hydrogens (tertiary/aromatic N) is 1. The molecule has 2 rings (SSSR count). The lowest BCUT2D eigenvalue weighted by Gasteiger charge is -2.13. The molecule has 7 heteroatoms. The molecule has 0 aliphatic rings. The van der Waals surface area contributed by atoms with E-state index >= 15 is 0 Å². The molecule has 0 aromatic heterocycles. The van der Waals surface area contributed by atoms with Crippen LogP contribution in [0.25, 0.3) is 0 Å². The zero-order valence-corrected chi connectivity index (χ0v) is 15.4. The molecule has 2 aromatic rings. The molecule has 1 N–H and O–H groups in total. The number of benzene rings is 2. The number of ether oxygens (including phenoxy) is 1. The lowest BCUT2D eigenvalue weighted by Crippen LogP contribution is -2.22. The molecule has 0 saturated carbocycles. The molecule has 0 radical (unpaired) electrons. The minimum absolute atomic E-state index is 0.159. The van der Waals surface area contributed by atoms with Gasteiger partial charge >= 0.3 is 0 Å². The van der Waals surface area contributed by atoms with E-state index in [9.17, 15) is 9.59 Å². The Bertz CT molecular complexity index is 779. The average molecular weight is 381 g/mol. The first kappa shape index (κ1) is 19.1. The molecule has 0 saturated heterocycles. The van der Waals surface area contributed by atoms with Crippen LogP contribution in [-0.4, -0.2) is 37.4 Å². The molecule has 0 atom stereocenters. The van der Waals surface area contributed by atoms with Crippen LogP contribution in [0.3, 0.4) is 0 Å². The third-order valence-electron chi connectivity index (χ3n) is 3.28. The predicted octanol–water partition coefficient (Wildman–Crippen LogP) is 4.10. The number of anilines is 1. The highest BCUT2D eigenvalue weighted by Gasteiger charge is 2.14. The lowest BCUT2D eigenvalue weighted by atomic mass is 10.1. The van der Waals surface area contributed by atoms with E-state index in [0.717, 1.165) is 0 Å². The van der Waals surface area contributed by atoms with Crippen molar-refractivity contribution >= 4 is 40.7 Å². The van der Waals surface area contributed by atoms with Crippen molar-refractivity contribution < 1.29 is 14.3 Å². The Morgan fingerprint density at radius 1 is 1.12 bits per heavy atom. The molecule has 5 nitrogen and oxygen atoms in total. The van der Waals surface area contributed by atoms with E-state index in [2.05, 4.69) is 5.32 Å². The van der Waals surface area contributed by atoms with E-state index in [-0.39, 0.29) is 24.8 Å². The van der Waals surface area contributed by atoms with Gasteiger partial charge in [0.1, 0.15) is 5.75 Å². The highest BCUT2D eigenvalue weighted by Crippen LogP contribution is 2.22. The summed E-state index contributed by atoms with van der Waals surface area (Å²) in [7, 11) is 3.27. The second-order valence-electron chi connectivity index (χ2n) is 5.50. The molecule has 132 valence electrons. The first-order chi connectivity index (χ1) is 11.9. The van der Waals surface area contributed by atoms with Crippen LogP contribution in [0.2, 0.25) is 10.0 Å². The molecule has 0 aliphatic carbocycles. The predicted molar refractivity (Wildman–Crippen MR) is 99.7 cm³/mol. The van der Waals surface area contributed by atoms with Gasteiger partial charge in [0.25, 0.3) is 5.91 Å². The van der Waals surface area contributed by atoms with Gasteiger partial charge in [-0.15, -0.1) is 0 Å². The lowest BCUT2D eigenvalue weighted by molar-refractivity contribution is -0.116. The maximum Gasteiger partial charge on any atom is 0.254 e. The third kappa shape index (κ3) is 5.66. The minimum atomic E-state index is -0.231. The molecular formula is C18H18Cl2N2O3. The van der Waals surface area contributed by atoms with Gasteiger partial charge in [0, 0.05) is 24.8 Å². The van der Waals surface area contributed by atoms with Crippen molar-refractivity contribution in [3.05, 3.63) is 58.1 Å². The summed E-state index contributed by atoms with van der Waals surface area (Å²) in [5, 5.41) is 3.63. The monoisotopic (exact) mass is 380 g/mol. The Kier molecular flexibility index (Phi) is 6.67. The summed E-state index contributed by atoms with van der Waals surface area (Å²) >= 11 is 11.9. The quantitative estimate of drug-likeness (QED) is 0.820. The molecule has 0 bridgehead atoms. The van der Waals surface area contributed by atoms with E-state index in [0.29, 0.717) is 27.0 Å². The standard InChI is InChI=1S/C18H18Cl2N2O3/c1-22(2)18(24)15-11-13(6-7-16(15)20)21-17(23)8-9-25-14-5-3-4-12(19)10-14/h3-7,10-11H,8-9H2,1-2H3,(H,21,23). The van der Waals surface area contributed by atoms with Gasteiger partial charge in [0.05, 0.1) is 23.6 Å². The normalized spacial score (nSPS) is 10.2. The fourth-order valence-electron chi connectivity index (χ4n) is 2.05. The number of nitrogens with one attached hydrogen (secondary N) is 1. The van der Waals surface area contributed by atoms with Gasteiger partial charge in [-0.05, 0) is 36.4 Å². The number of rotatable bonds is 6. The van der Waals surface area contributed by atoms with Gasteiger partial charge in [-0.25, -0.2) is 0 Å². The van der Waals surface area contributed by atoms with Crippen molar-refractivity contribution in [2.24, 2.45) is 0 Å². The first-order valence-electron chi connectivity index (χ1n) is 7.56. The Hall–Kier alpha value is -2.24. The van der Waals surface area contributed by atoms with Gasteiger partial charge in [0.15, 0.2) is 0 Å². The van der Waals surface area contributed by atoms with E-state index in [1.165, 1.54) is 4.90 Å². The van der Waals surface area contributed by atoms with E-state index in [1.807, 2.05) is 0 Å². The van der Waals surface area contributed by atoms with E-state index in [1.54, 1.807) is 56.6 Å². The van der Waals surface area contributed by atoms with Crippen LogP contribution in [0.4, 0.5) is 5.69 Å². The van der Waals surface area contributed by atoms with Crippen molar-refractivity contribution in [2.75, 3.05) is 26.0 Å². The number of carbonyl (C=O) groups is 2. The molecule has 2 amide bonds. The number of carbonyl (C=O) groups excluding carboxylic acids is 2. The molecule has 0 fully saturated rings. The van der Waals surface area contributed by atoms with Crippen molar-refractivity contribution in [3.8, 4) is 5.75 Å².